The topological polar surface area (TPSA) is 93.9 Å². The number of urea groups is 1. The average Bonchev–Trinajstić information content (AvgIpc) is 3.45. The van der Waals surface area contributed by atoms with Gasteiger partial charge < -0.3 is 30.7 Å². The molecule has 9 heteroatoms. The zero-order valence-corrected chi connectivity index (χ0v) is 23.4. The fourth-order valence-corrected chi connectivity index (χ4v) is 6.48. The van der Waals surface area contributed by atoms with Crippen LogP contribution in [0.2, 0.25) is 0 Å². The molecule has 1 aliphatic carbocycles. The largest absolute Gasteiger partial charge is 0.368 e. The Hall–Kier alpha value is -3.33. The van der Waals surface area contributed by atoms with Crippen molar-refractivity contribution < 1.29 is 4.79 Å². The van der Waals surface area contributed by atoms with Crippen molar-refractivity contribution in [2.75, 3.05) is 61.8 Å². The highest BCUT2D eigenvalue weighted by molar-refractivity contribution is 5.77. The predicted molar refractivity (Wildman–Crippen MR) is 157 cm³/mol. The summed E-state index contributed by atoms with van der Waals surface area (Å²) >= 11 is 0. The summed E-state index contributed by atoms with van der Waals surface area (Å²) in [5.74, 6) is 2.16. The van der Waals surface area contributed by atoms with Crippen molar-refractivity contribution in [1.82, 2.24) is 25.1 Å². The van der Waals surface area contributed by atoms with E-state index in [1.807, 2.05) is 4.90 Å². The summed E-state index contributed by atoms with van der Waals surface area (Å²) in [6.07, 6.45) is 8.77. The summed E-state index contributed by atoms with van der Waals surface area (Å²) in [5.41, 5.74) is 11.5. The first-order chi connectivity index (χ1) is 18.9. The molecular weight excluding hydrogens is 488 g/mol. The summed E-state index contributed by atoms with van der Waals surface area (Å²) in [4.78, 5) is 30.9. The number of amides is 2. The second-order valence-electron chi connectivity index (χ2n) is 11.8. The molecule has 1 saturated carbocycles. The van der Waals surface area contributed by atoms with Gasteiger partial charge in [0.05, 0.1) is 0 Å². The number of carbonyl (C=O) groups is 1. The Kier molecular flexibility index (Phi) is 7.34. The van der Waals surface area contributed by atoms with Gasteiger partial charge >= 0.3 is 6.03 Å². The SMILES string of the molecule is CC1Cc2ccc(C3=CCN(C(=O)NC4CCCC4)CC3)cc2CN1c1cc(N2CCN(C)CC2)nc(N)n1. The van der Waals surface area contributed by atoms with Crippen molar-refractivity contribution in [2.45, 2.75) is 64.1 Å². The van der Waals surface area contributed by atoms with E-state index in [1.54, 1.807) is 0 Å². The van der Waals surface area contributed by atoms with Gasteiger partial charge in [-0.05, 0) is 68.0 Å². The van der Waals surface area contributed by atoms with Crippen LogP contribution in [-0.4, -0.2) is 84.2 Å². The molecule has 4 heterocycles. The van der Waals surface area contributed by atoms with E-state index in [9.17, 15) is 4.79 Å². The van der Waals surface area contributed by atoms with Crippen molar-refractivity contribution in [2.24, 2.45) is 0 Å². The zero-order valence-electron chi connectivity index (χ0n) is 23.4. The molecule has 39 heavy (non-hydrogen) atoms. The highest BCUT2D eigenvalue weighted by Gasteiger charge is 2.27. The molecule has 0 spiro atoms. The van der Waals surface area contributed by atoms with Gasteiger partial charge in [0.1, 0.15) is 11.6 Å². The number of benzene rings is 1. The van der Waals surface area contributed by atoms with Gasteiger partial charge in [0, 0.05) is 64.0 Å². The first kappa shape index (κ1) is 25.9. The Balaban J connectivity index is 1.16. The van der Waals surface area contributed by atoms with Crippen molar-refractivity contribution >= 4 is 29.2 Å². The van der Waals surface area contributed by atoms with Crippen LogP contribution in [0.3, 0.4) is 0 Å². The van der Waals surface area contributed by atoms with Crippen molar-refractivity contribution in [3.05, 3.63) is 47.0 Å². The quantitative estimate of drug-likeness (QED) is 0.625. The third-order valence-electron chi connectivity index (χ3n) is 8.98. The molecule has 4 aliphatic rings. The van der Waals surface area contributed by atoms with Gasteiger partial charge in [-0.2, -0.15) is 9.97 Å². The number of aromatic nitrogens is 2. The van der Waals surface area contributed by atoms with Crippen LogP contribution in [0, 0.1) is 0 Å². The summed E-state index contributed by atoms with van der Waals surface area (Å²) in [7, 11) is 2.16. The van der Waals surface area contributed by atoms with E-state index in [4.69, 9.17) is 5.73 Å². The number of fused-ring (bicyclic) bond motifs is 1. The van der Waals surface area contributed by atoms with E-state index in [2.05, 4.69) is 74.3 Å². The lowest BCUT2D eigenvalue weighted by Crippen LogP contribution is -2.45. The fraction of sp³-hybridized carbons (Fsp3) is 0.567. The normalized spacial score (nSPS) is 22.6. The molecular formula is C30H42N8O. The van der Waals surface area contributed by atoms with Crippen LogP contribution in [0.5, 0.6) is 0 Å². The molecule has 3 N–H and O–H groups in total. The lowest BCUT2D eigenvalue weighted by atomic mass is 9.90. The maximum Gasteiger partial charge on any atom is 0.317 e. The molecule has 2 amide bonds. The van der Waals surface area contributed by atoms with Gasteiger partial charge in [-0.15, -0.1) is 0 Å². The van der Waals surface area contributed by atoms with E-state index in [0.29, 0.717) is 24.6 Å². The predicted octanol–water partition coefficient (Wildman–Crippen LogP) is 3.50. The molecule has 6 rings (SSSR count). The van der Waals surface area contributed by atoms with Crippen LogP contribution in [0.15, 0.2) is 30.3 Å². The monoisotopic (exact) mass is 530 g/mol. The zero-order chi connectivity index (χ0) is 26.9. The minimum atomic E-state index is 0.0901. The smallest absolute Gasteiger partial charge is 0.317 e. The van der Waals surface area contributed by atoms with Gasteiger partial charge in [0.25, 0.3) is 0 Å². The molecule has 9 nitrogen and oxygen atoms in total. The molecule has 1 aromatic heterocycles. The van der Waals surface area contributed by atoms with E-state index < -0.39 is 0 Å². The summed E-state index contributed by atoms with van der Waals surface area (Å²) in [5, 5.41) is 3.23. The number of nitrogen functional groups attached to an aromatic ring is 1. The maximum atomic E-state index is 12.7. The number of anilines is 3. The highest BCUT2D eigenvalue weighted by atomic mass is 16.2. The maximum absolute atomic E-state index is 12.7. The summed E-state index contributed by atoms with van der Waals surface area (Å²) in [6, 6.07) is 9.78. The van der Waals surface area contributed by atoms with Crippen LogP contribution in [0.4, 0.5) is 22.4 Å². The number of carbonyl (C=O) groups excluding carboxylic acids is 1. The number of hydrogen-bond acceptors (Lipinski definition) is 7. The highest BCUT2D eigenvalue weighted by Crippen LogP contribution is 2.32. The lowest BCUT2D eigenvalue weighted by Gasteiger charge is -2.37. The third kappa shape index (κ3) is 5.69. The van der Waals surface area contributed by atoms with Crippen LogP contribution in [0.25, 0.3) is 5.57 Å². The first-order valence-corrected chi connectivity index (χ1v) is 14.6. The minimum absolute atomic E-state index is 0.0901. The molecule has 208 valence electrons. The Labute approximate surface area is 232 Å². The fourth-order valence-electron chi connectivity index (χ4n) is 6.48. The summed E-state index contributed by atoms with van der Waals surface area (Å²) in [6.45, 7) is 8.43. The van der Waals surface area contributed by atoms with Crippen molar-refractivity contribution in [1.29, 1.82) is 0 Å². The second-order valence-corrected chi connectivity index (χ2v) is 11.8. The van der Waals surface area contributed by atoms with Crippen molar-refractivity contribution in [3.63, 3.8) is 0 Å². The molecule has 1 saturated heterocycles. The summed E-state index contributed by atoms with van der Waals surface area (Å²) < 4.78 is 0. The molecule has 0 radical (unpaired) electrons. The van der Waals surface area contributed by atoms with Gasteiger partial charge in [0.15, 0.2) is 0 Å². The van der Waals surface area contributed by atoms with Crippen LogP contribution < -0.4 is 20.9 Å². The Morgan fingerprint density at radius 2 is 1.77 bits per heavy atom. The number of nitrogens with one attached hydrogen (secondary N) is 1. The van der Waals surface area contributed by atoms with Crippen molar-refractivity contribution in [3.8, 4) is 0 Å². The first-order valence-electron chi connectivity index (χ1n) is 14.6. The number of nitrogens with zero attached hydrogens (tertiary/aromatic N) is 6. The Morgan fingerprint density at radius 1 is 1.00 bits per heavy atom. The number of likely N-dealkylation sites (N-methyl/N-ethyl adjacent to an activating group) is 1. The molecule has 2 fully saturated rings. The van der Waals surface area contributed by atoms with Crippen LogP contribution >= 0.6 is 0 Å². The van der Waals surface area contributed by atoms with Crippen LogP contribution in [0.1, 0.15) is 55.7 Å². The average molecular weight is 531 g/mol. The Morgan fingerprint density at radius 3 is 2.51 bits per heavy atom. The number of rotatable bonds is 4. The molecule has 3 aliphatic heterocycles. The third-order valence-corrected chi connectivity index (χ3v) is 8.98. The van der Waals surface area contributed by atoms with E-state index in [-0.39, 0.29) is 6.03 Å². The number of piperazine rings is 1. The molecule has 1 atom stereocenters. The van der Waals surface area contributed by atoms with E-state index in [1.165, 1.54) is 35.1 Å². The standard InChI is InChI=1S/C30H42N8O/c1-21-17-23-7-8-24(22-9-11-37(12-10-22)30(39)32-26-5-3-4-6-26)18-25(23)20-38(21)28-19-27(33-29(31)34-28)36-15-13-35(2)14-16-36/h7-9,18-19,21,26H,3-6,10-17,20H2,1-2H3,(H,32,39)(H2,31,33,34). The molecule has 0 bridgehead atoms. The van der Waals surface area contributed by atoms with Gasteiger partial charge in [0.2, 0.25) is 5.95 Å². The molecule has 1 unspecified atom stereocenters. The number of hydrogen-bond donors (Lipinski definition) is 2. The lowest BCUT2D eigenvalue weighted by molar-refractivity contribution is 0.199. The Bertz CT molecular complexity index is 1230. The van der Waals surface area contributed by atoms with Crippen LogP contribution in [-0.2, 0) is 13.0 Å². The minimum Gasteiger partial charge on any atom is -0.368 e. The van der Waals surface area contributed by atoms with Gasteiger partial charge in [-0.25, -0.2) is 4.79 Å². The second kappa shape index (κ2) is 11.0. The van der Waals surface area contributed by atoms with E-state index >= 15 is 0 Å². The molecule has 1 aromatic carbocycles. The molecule has 2 aromatic rings. The van der Waals surface area contributed by atoms with E-state index in [0.717, 1.165) is 76.6 Å². The van der Waals surface area contributed by atoms with Gasteiger partial charge in [-0.3, -0.25) is 0 Å². The number of nitrogens with two attached hydrogens (primary N) is 1. The van der Waals surface area contributed by atoms with Gasteiger partial charge in [-0.1, -0.05) is 31.1 Å².